The minimum Gasteiger partial charge on any atom is -0.378 e. The summed E-state index contributed by atoms with van der Waals surface area (Å²) in [7, 11) is 0. The van der Waals surface area contributed by atoms with Gasteiger partial charge in [0, 0.05) is 70.0 Å². The molecule has 2 fully saturated rings. The summed E-state index contributed by atoms with van der Waals surface area (Å²) >= 11 is 1.38. The normalized spacial score (nSPS) is 17.9. The highest BCUT2D eigenvalue weighted by molar-refractivity contribution is 7.99. The van der Waals surface area contributed by atoms with E-state index < -0.39 is 11.7 Å². The predicted octanol–water partition coefficient (Wildman–Crippen LogP) is 3.21. The third kappa shape index (κ3) is 5.74. The van der Waals surface area contributed by atoms with Crippen molar-refractivity contribution in [3.63, 3.8) is 0 Å². The molecule has 3 heterocycles. The highest BCUT2D eigenvalue weighted by atomic mass is 32.2. The van der Waals surface area contributed by atoms with Crippen LogP contribution in [0.25, 0.3) is 0 Å². The van der Waals surface area contributed by atoms with Crippen molar-refractivity contribution in [2.24, 2.45) is 0 Å². The number of piperazine rings is 1. The summed E-state index contributed by atoms with van der Waals surface area (Å²) in [6, 6.07) is 6.06. The molecule has 0 bridgehead atoms. The maximum Gasteiger partial charge on any atom is 0.416 e. The van der Waals surface area contributed by atoms with Crippen LogP contribution in [0.15, 0.2) is 30.5 Å². The van der Waals surface area contributed by atoms with Crippen molar-refractivity contribution in [3.05, 3.63) is 41.6 Å². The van der Waals surface area contributed by atoms with Gasteiger partial charge >= 0.3 is 12.2 Å². The number of morpholine rings is 1. The zero-order valence-electron chi connectivity index (χ0n) is 18.3. The molecule has 1 aromatic carbocycles. The fourth-order valence-corrected chi connectivity index (χ4v) is 4.38. The van der Waals surface area contributed by atoms with Gasteiger partial charge in [-0.15, -0.1) is 5.10 Å². The van der Waals surface area contributed by atoms with Crippen molar-refractivity contribution in [2.45, 2.75) is 12.7 Å². The van der Waals surface area contributed by atoms with Crippen molar-refractivity contribution in [1.82, 2.24) is 19.6 Å². The molecular formula is C21H27F3N6O2S. The number of hydrogen-bond donors (Lipinski definition) is 1. The number of aromatic nitrogens is 2. The second kappa shape index (κ2) is 10.2. The Morgan fingerprint density at radius 3 is 2.52 bits per heavy atom. The van der Waals surface area contributed by atoms with E-state index in [1.54, 1.807) is 29.3 Å². The van der Waals surface area contributed by atoms with Gasteiger partial charge in [0.1, 0.15) is 0 Å². The van der Waals surface area contributed by atoms with E-state index in [0.29, 0.717) is 64.0 Å². The number of nitrogens with zero attached hydrogens (tertiary/aromatic N) is 5. The Balaban J connectivity index is 1.39. The summed E-state index contributed by atoms with van der Waals surface area (Å²) in [5, 5.41) is 4.19. The second-order valence-electron chi connectivity index (χ2n) is 7.94. The number of carbonyl (C=O) groups excluding carboxylic acids is 1. The van der Waals surface area contributed by atoms with Crippen LogP contribution in [0.2, 0.25) is 0 Å². The van der Waals surface area contributed by atoms with Gasteiger partial charge in [0.25, 0.3) is 0 Å². The first kappa shape index (κ1) is 23.7. The van der Waals surface area contributed by atoms with E-state index in [9.17, 15) is 18.0 Å². The number of rotatable bonds is 5. The van der Waals surface area contributed by atoms with Crippen LogP contribution in [0.1, 0.15) is 11.1 Å². The lowest BCUT2D eigenvalue weighted by Gasteiger charge is -2.35. The standard InChI is InChI=1S/C21H27F3N6O2S/c1-33-26-19-4-5-30(25-19)20(31)29-8-6-27(7-9-29)15-16-2-3-17(14-18(16)21(22,23)24)28-10-12-32-13-11-28/h2-5,14H,6-13,15H2,1H3,(H,25,26). The molecule has 2 saturated heterocycles. The quantitative estimate of drug-likeness (QED) is 0.654. The topological polar surface area (TPSA) is 65.9 Å². The van der Waals surface area contributed by atoms with E-state index in [-0.39, 0.29) is 18.1 Å². The Kier molecular flexibility index (Phi) is 7.35. The van der Waals surface area contributed by atoms with Crippen LogP contribution >= 0.6 is 11.9 Å². The van der Waals surface area contributed by atoms with E-state index in [4.69, 9.17) is 4.74 Å². The van der Waals surface area contributed by atoms with Gasteiger partial charge in [0.15, 0.2) is 5.82 Å². The molecule has 1 aromatic heterocycles. The average molecular weight is 485 g/mol. The lowest BCUT2D eigenvalue weighted by atomic mass is 10.0. The third-order valence-corrected chi connectivity index (χ3v) is 6.22. The van der Waals surface area contributed by atoms with Gasteiger partial charge in [-0.1, -0.05) is 18.0 Å². The largest absolute Gasteiger partial charge is 0.416 e. The minimum atomic E-state index is -4.43. The van der Waals surface area contributed by atoms with Crippen molar-refractivity contribution in [3.8, 4) is 0 Å². The molecule has 1 N–H and O–H groups in total. The number of amides is 1. The first-order valence-electron chi connectivity index (χ1n) is 10.7. The van der Waals surface area contributed by atoms with Gasteiger partial charge in [0.05, 0.1) is 18.8 Å². The molecule has 0 radical (unpaired) electrons. The lowest BCUT2D eigenvalue weighted by molar-refractivity contribution is -0.138. The lowest BCUT2D eigenvalue weighted by Crippen LogP contribution is -2.49. The van der Waals surface area contributed by atoms with Crippen LogP contribution in [-0.4, -0.2) is 84.3 Å². The molecule has 0 spiro atoms. The molecule has 2 aromatic rings. The molecule has 180 valence electrons. The molecule has 2 aliphatic heterocycles. The molecule has 0 atom stereocenters. The number of ether oxygens (including phenoxy) is 1. The molecule has 4 rings (SSSR count). The van der Waals surface area contributed by atoms with Crippen molar-refractivity contribution in [1.29, 1.82) is 0 Å². The van der Waals surface area contributed by atoms with E-state index >= 15 is 0 Å². The van der Waals surface area contributed by atoms with Gasteiger partial charge in [-0.05, 0) is 17.7 Å². The number of anilines is 2. The molecule has 0 saturated carbocycles. The molecule has 33 heavy (non-hydrogen) atoms. The predicted molar refractivity (Wildman–Crippen MR) is 121 cm³/mol. The second-order valence-corrected chi connectivity index (χ2v) is 8.55. The van der Waals surface area contributed by atoms with Gasteiger partial charge in [-0.3, -0.25) is 4.90 Å². The monoisotopic (exact) mass is 484 g/mol. The molecule has 12 heteroatoms. The Morgan fingerprint density at radius 1 is 1.12 bits per heavy atom. The number of benzene rings is 1. The van der Waals surface area contributed by atoms with E-state index in [0.717, 1.165) is 0 Å². The third-order valence-electron chi connectivity index (χ3n) is 5.80. The fraction of sp³-hybridized carbons (Fsp3) is 0.524. The Hall–Kier alpha value is -2.44. The summed E-state index contributed by atoms with van der Waals surface area (Å²) < 4.78 is 51.0. The Morgan fingerprint density at radius 2 is 1.85 bits per heavy atom. The summed E-state index contributed by atoms with van der Waals surface area (Å²) in [5.74, 6) is 0.592. The van der Waals surface area contributed by atoms with Crippen molar-refractivity contribution in [2.75, 3.05) is 68.4 Å². The van der Waals surface area contributed by atoms with E-state index in [1.807, 2.05) is 16.1 Å². The number of carbonyl (C=O) groups is 1. The molecular weight excluding hydrogens is 457 g/mol. The first-order valence-corrected chi connectivity index (χ1v) is 12.0. The summed E-state index contributed by atoms with van der Waals surface area (Å²) in [4.78, 5) is 18.2. The van der Waals surface area contributed by atoms with Gasteiger partial charge in [0.2, 0.25) is 0 Å². The Bertz CT molecular complexity index is 956. The molecule has 2 aliphatic rings. The summed E-state index contributed by atoms with van der Waals surface area (Å²) in [6.07, 6.45) is -0.975. The van der Waals surface area contributed by atoms with Crippen molar-refractivity contribution < 1.29 is 22.7 Å². The van der Waals surface area contributed by atoms with Crippen LogP contribution in [0.5, 0.6) is 0 Å². The van der Waals surface area contributed by atoms with E-state index in [2.05, 4.69) is 9.82 Å². The zero-order valence-corrected chi connectivity index (χ0v) is 19.2. The zero-order chi connectivity index (χ0) is 23.4. The van der Waals surface area contributed by atoms with Crippen LogP contribution < -0.4 is 9.62 Å². The maximum atomic E-state index is 13.8. The van der Waals surface area contributed by atoms with Gasteiger partial charge in [-0.2, -0.15) is 17.9 Å². The van der Waals surface area contributed by atoms with Crippen molar-refractivity contribution >= 4 is 29.5 Å². The average Bonchev–Trinajstić information content (AvgIpc) is 3.28. The number of alkyl halides is 3. The molecule has 0 aliphatic carbocycles. The smallest absolute Gasteiger partial charge is 0.378 e. The van der Waals surface area contributed by atoms with Crippen LogP contribution in [-0.2, 0) is 17.5 Å². The Labute approximate surface area is 194 Å². The van der Waals surface area contributed by atoms with Crippen LogP contribution in [0.3, 0.4) is 0 Å². The highest BCUT2D eigenvalue weighted by Crippen LogP contribution is 2.35. The maximum absolute atomic E-state index is 13.8. The highest BCUT2D eigenvalue weighted by Gasteiger charge is 2.35. The number of halogens is 3. The van der Waals surface area contributed by atoms with E-state index in [1.165, 1.54) is 22.7 Å². The number of hydrogen-bond acceptors (Lipinski definition) is 7. The molecule has 8 nitrogen and oxygen atoms in total. The van der Waals surface area contributed by atoms with Crippen LogP contribution in [0, 0.1) is 0 Å². The molecule has 1 amide bonds. The summed E-state index contributed by atoms with van der Waals surface area (Å²) in [5.41, 5.74) is 0.217. The summed E-state index contributed by atoms with van der Waals surface area (Å²) in [6.45, 7) is 4.21. The van der Waals surface area contributed by atoms with Crippen LogP contribution in [0.4, 0.5) is 29.5 Å². The minimum absolute atomic E-state index is 0.184. The SMILES string of the molecule is CSNc1ccn(C(=O)N2CCN(Cc3ccc(N4CCOCC4)cc3C(F)(F)F)CC2)n1. The fourth-order valence-electron chi connectivity index (χ4n) is 4.06. The first-order chi connectivity index (χ1) is 15.8. The van der Waals surface area contributed by atoms with Gasteiger partial charge < -0.3 is 19.3 Å². The number of nitrogens with one attached hydrogen (secondary N) is 1. The van der Waals surface area contributed by atoms with Gasteiger partial charge in [-0.25, -0.2) is 4.79 Å². The molecule has 0 unspecified atom stereocenters.